The Morgan fingerprint density at radius 2 is 2.32 bits per heavy atom. The first-order valence-corrected chi connectivity index (χ1v) is 7.92. The third kappa shape index (κ3) is 3.61. The van der Waals surface area contributed by atoms with Gasteiger partial charge in [-0.3, -0.25) is 4.79 Å². The van der Waals surface area contributed by atoms with Gasteiger partial charge in [0.1, 0.15) is 0 Å². The first-order valence-electron chi connectivity index (χ1n) is 6.46. The number of nitrogens with two attached hydrogens (primary N) is 1. The largest absolute Gasteiger partial charge is 0.323 e. The van der Waals surface area contributed by atoms with Gasteiger partial charge in [0.25, 0.3) is 0 Å². The van der Waals surface area contributed by atoms with Crippen molar-refractivity contribution in [2.75, 3.05) is 5.32 Å². The van der Waals surface area contributed by atoms with Crippen molar-refractivity contribution in [3.05, 3.63) is 26.8 Å². The molecule has 2 unspecified atom stereocenters. The van der Waals surface area contributed by atoms with Crippen LogP contribution >= 0.6 is 34.2 Å². The van der Waals surface area contributed by atoms with Gasteiger partial charge in [-0.2, -0.15) is 0 Å². The standard InChI is InChI=1S/C14H18ClIN2O/c1-9-3-2-6-14(17,8-9)13(19)18-12-5-4-10(16)7-11(12)15/h4-5,7,9H,2-3,6,8,17H2,1H3,(H,18,19). The van der Waals surface area contributed by atoms with Gasteiger partial charge < -0.3 is 11.1 Å². The maximum absolute atomic E-state index is 12.4. The number of carbonyl (C=O) groups excluding carboxylic acids is 1. The van der Waals surface area contributed by atoms with Crippen LogP contribution in [0, 0.1) is 9.49 Å². The summed E-state index contributed by atoms with van der Waals surface area (Å²) in [4.78, 5) is 12.4. The molecule has 1 fully saturated rings. The average molecular weight is 393 g/mol. The molecule has 5 heteroatoms. The smallest absolute Gasteiger partial charge is 0.244 e. The molecule has 0 aromatic heterocycles. The van der Waals surface area contributed by atoms with E-state index < -0.39 is 5.54 Å². The van der Waals surface area contributed by atoms with Crippen molar-refractivity contribution in [2.45, 2.75) is 38.1 Å². The van der Waals surface area contributed by atoms with Crippen molar-refractivity contribution in [1.29, 1.82) is 0 Å². The summed E-state index contributed by atoms with van der Waals surface area (Å²) < 4.78 is 1.04. The molecule has 1 aromatic carbocycles. The first kappa shape index (κ1) is 15.1. The van der Waals surface area contributed by atoms with Crippen LogP contribution in [0.2, 0.25) is 5.02 Å². The molecule has 0 aliphatic heterocycles. The van der Waals surface area contributed by atoms with Crippen LogP contribution in [-0.2, 0) is 4.79 Å². The van der Waals surface area contributed by atoms with Crippen LogP contribution in [-0.4, -0.2) is 11.4 Å². The minimum absolute atomic E-state index is 0.123. The highest BCUT2D eigenvalue weighted by Gasteiger charge is 2.38. The number of amides is 1. The second-order valence-electron chi connectivity index (χ2n) is 5.44. The average Bonchev–Trinajstić information content (AvgIpc) is 2.32. The number of benzene rings is 1. The Hall–Kier alpha value is -0.330. The van der Waals surface area contributed by atoms with Gasteiger partial charge >= 0.3 is 0 Å². The highest BCUT2D eigenvalue weighted by atomic mass is 127. The lowest BCUT2D eigenvalue weighted by molar-refractivity contribution is -0.122. The summed E-state index contributed by atoms with van der Waals surface area (Å²) in [5.41, 5.74) is 6.14. The number of hydrogen-bond acceptors (Lipinski definition) is 2. The molecule has 0 radical (unpaired) electrons. The van der Waals surface area contributed by atoms with Gasteiger partial charge in [-0.15, -0.1) is 0 Å². The molecule has 3 nitrogen and oxygen atoms in total. The molecule has 0 spiro atoms. The lowest BCUT2D eigenvalue weighted by atomic mass is 9.76. The second kappa shape index (κ2) is 5.97. The normalized spacial score (nSPS) is 27.1. The minimum Gasteiger partial charge on any atom is -0.323 e. The number of rotatable bonds is 2. The van der Waals surface area contributed by atoms with E-state index in [-0.39, 0.29) is 5.91 Å². The predicted molar refractivity (Wildman–Crippen MR) is 87.3 cm³/mol. The van der Waals surface area contributed by atoms with E-state index in [4.69, 9.17) is 17.3 Å². The summed E-state index contributed by atoms with van der Waals surface area (Å²) in [6.07, 6.45) is 3.63. The Bertz CT molecular complexity index is 494. The van der Waals surface area contributed by atoms with Crippen molar-refractivity contribution in [1.82, 2.24) is 0 Å². The Morgan fingerprint density at radius 3 is 2.95 bits per heavy atom. The maximum atomic E-state index is 12.4. The van der Waals surface area contributed by atoms with E-state index in [0.717, 1.165) is 29.3 Å². The summed E-state index contributed by atoms with van der Waals surface area (Å²) in [7, 11) is 0. The quantitative estimate of drug-likeness (QED) is 0.752. The lowest BCUT2D eigenvalue weighted by Crippen LogP contribution is -2.53. The van der Waals surface area contributed by atoms with E-state index >= 15 is 0 Å². The van der Waals surface area contributed by atoms with Gasteiger partial charge in [-0.05, 0) is 59.5 Å². The summed E-state index contributed by atoms with van der Waals surface area (Å²) >= 11 is 8.31. The van der Waals surface area contributed by atoms with Gasteiger partial charge in [-0.25, -0.2) is 0 Å². The number of nitrogens with one attached hydrogen (secondary N) is 1. The van der Waals surface area contributed by atoms with Crippen molar-refractivity contribution in [2.24, 2.45) is 11.7 Å². The van der Waals surface area contributed by atoms with Crippen LogP contribution in [0.25, 0.3) is 0 Å². The van der Waals surface area contributed by atoms with Crippen molar-refractivity contribution >= 4 is 45.8 Å². The summed E-state index contributed by atoms with van der Waals surface area (Å²) in [6.45, 7) is 2.14. The Balaban J connectivity index is 2.12. The molecule has 0 saturated heterocycles. The third-order valence-corrected chi connectivity index (χ3v) is 4.65. The number of halogens is 2. The predicted octanol–water partition coefficient (Wildman–Crippen LogP) is 3.79. The number of anilines is 1. The molecule has 19 heavy (non-hydrogen) atoms. The zero-order valence-corrected chi connectivity index (χ0v) is 13.8. The topological polar surface area (TPSA) is 55.1 Å². The fourth-order valence-corrected chi connectivity index (χ4v) is 3.54. The van der Waals surface area contributed by atoms with E-state index in [1.165, 1.54) is 0 Å². The fourth-order valence-electron chi connectivity index (χ4n) is 2.64. The van der Waals surface area contributed by atoms with Gasteiger partial charge in [0, 0.05) is 3.57 Å². The SMILES string of the molecule is CC1CCCC(N)(C(=O)Nc2ccc(I)cc2Cl)C1. The molecule has 1 amide bonds. The van der Waals surface area contributed by atoms with Crippen molar-refractivity contribution < 1.29 is 4.79 Å². The van der Waals surface area contributed by atoms with Gasteiger partial charge in [-0.1, -0.05) is 31.4 Å². The molecule has 2 atom stereocenters. The lowest BCUT2D eigenvalue weighted by Gasteiger charge is -2.35. The van der Waals surface area contributed by atoms with E-state index in [2.05, 4.69) is 34.8 Å². The Labute approximate surface area is 132 Å². The maximum Gasteiger partial charge on any atom is 0.244 e. The molecular weight excluding hydrogens is 375 g/mol. The van der Waals surface area contributed by atoms with Crippen LogP contribution in [0.15, 0.2) is 18.2 Å². The van der Waals surface area contributed by atoms with Crippen molar-refractivity contribution in [3.8, 4) is 0 Å². The molecule has 1 aromatic rings. The van der Waals surface area contributed by atoms with Crippen LogP contribution in [0.5, 0.6) is 0 Å². The highest BCUT2D eigenvalue weighted by Crippen LogP contribution is 2.32. The Kier molecular flexibility index (Phi) is 4.74. The number of hydrogen-bond donors (Lipinski definition) is 2. The zero-order valence-electron chi connectivity index (χ0n) is 10.9. The number of carbonyl (C=O) groups is 1. The van der Waals surface area contributed by atoms with Gasteiger partial charge in [0.2, 0.25) is 5.91 Å². The fraction of sp³-hybridized carbons (Fsp3) is 0.500. The van der Waals surface area contributed by atoms with E-state index in [1.54, 1.807) is 0 Å². The highest BCUT2D eigenvalue weighted by molar-refractivity contribution is 14.1. The summed E-state index contributed by atoms with van der Waals surface area (Å²) in [5.74, 6) is 0.374. The molecule has 3 N–H and O–H groups in total. The van der Waals surface area contributed by atoms with E-state index in [0.29, 0.717) is 16.6 Å². The second-order valence-corrected chi connectivity index (χ2v) is 7.09. The molecule has 1 saturated carbocycles. The van der Waals surface area contributed by atoms with E-state index in [1.807, 2.05) is 18.2 Å². The van der Waals surface area contributed by atoms with Crippen LogP contribution in [0.1, 0.15) is 32.6 Å². The molecular formula is C14H18ClIN2O. The third-order valence-electron chi connectivity index (χ3n) is 3.66. The van der Waals surface area contributed by atoms with Gasteiger partial charge in [0.15, 0.2) is 0 Å². The van der Waals surface area contributed by atoms with Crippen LogP contribution in [0.3, 0.4) is 0 Å². The molecule has 2 rings (SSSR count). The van der Waals surface area contributed by atoms with Crippen LogP contribution in [0.4, 0.5) is 5.69 Å². The molecule has 0 heterocycles. The Morgan fingerprint density at radius 1 is 1.58 bits per heavy atom. The molecule has 104 valence electrons. The molecule has 0 bridgehead atoms. The van der Waals surface area contributed by atoms with Crippen LogP contribution < -0.4 is 11.1 Å². The summed E-state index contributed by atoms with van der Waals surface area (Å²) in [5, 5.41) is 3.42. The summed E-state index contributed by atoms with van der Waals surface area (Å²) in [6, 6.07) is 5.55. The first-order chi connectivity index (χ1) is 8.90. The van der Waals surface area contributed by atoms with E-state index in [9.17, 15) is 4.79 Å². The zero-order chi connectivity index (χ0) is 14.0. The minimum atomic E-state index is -0.760. The van der Waals surface area contributed by atoms with Crippen molar-refractivity contribution in [3.63, 3.8) is 0 Å². The molecule has 1 aliphatic carbocycles. The monoisotopic (exact) mass is 392 g/mol. The molecule has 1 aliphatic rings. The van der Waals surface area contributed by atoms with Gasteiger partial charge in [0.05, 0.1) is 16.2 Å².